The minimum absolute atomic E-state index is 0.0349. The number of rotatable bonds is 7. The maximum atomic E-state index is 13.3. The first-order valence-corrected chi connectivity index (χ1v) is 12.5. The highest BCUT2D eigenvalue weighted by Crippen LogP contribution is 2.39. The standard InChI is InChI=1S/C27H36N4O2/c1-33-20-21-13-18-31(19-21)23-11-9-22(10-12-23)27(32)28-26-24(29-14-2-3-15-29)7-6-8-25(26)30-16-4-5-17-30/h6-12,21H,2-5,13-20H2,1H3,(H,28,32). The zero-order valence-corrected chi connectivity index (χ0v) is 19.8. The van der Waals surface area contributed by atoms with Crippen LogP contribution in [0.5, 0.6) is 0 Å². The van der Waals surface area contributed by atoms with E-state index in [1.165, 1.54) is 31.4 Å². The fourth-order valence-electron chi connectivity index (χ4n) is 5.55. The summed E-state index contributed by atoms with van der Waals surface area (Å²) < 4.78 is 5.32. The molecule has 1 atom stereocenters. The molecule has 0 saturated carbocycles. The third kappa shape index (κ3) is 4.81. The number of para-hydroxylation sites is 1. The Kier molecular flexibility index (Phi) is 6.72. The van der Waals surface area contributed by atoms with Crippen LogP contribution < -0.4 is 20.0 Å². The van der Waals surface area contributed by atoms with Crippen molar-refractivity contribution in [3.63, 3.8) is 0 Å². The number of carbonyl (C=O) groups is 1. The molecule has 6 heteroatoms. The predicted octanol–water partition coefficient (Wildman–Crippen LogP) is 4.61. The maximum absolute atomic E-state index is 13.3. The van der Waals surface area contributed by atoms with Crippen molar-refractivity contribution < 1.29 is 9.53 Å². The number of anilines is 4. The summed E-state index contributed by atoms with van der Waals surface area (Å²) in [7, 11) is 1.77. The number of carbonyl (C=O) groups excluding carboxylic acids is 1. The van der Waals surface area contributed by atoms with Crippen LogP contribution in [0.4, 0.5) is 22.7 Å². The van der Waals surface area contributed by atoms with Crippen molar-refractivity contribution >= 4 is 28.7 Å². The van der Waals surface area contributed by atoms with Gasteiger partial charge in [-0.05, 0) is 68.5 Å². The number of methoxy groups -OCH3 is 1. The normalized spacial score (nSPS) is 20.6. The van der Waals surface area contributed by atoms with Gasteiger partial charge in [0.05, 0.1) is 23.7 Å². The molecule has 2 aromatic rings. The van der Waals surface area contributed by atoms with E-state index in [9.17, 15) is 4.79 Å². The van der Waals surface area contributed by atoms with Crippen molar-refractivity contribution in [2.45, 2.75) is 32.1 Å². The summed E-state index contributed by atoms with van der Waals surface area (Å²) in [6, 6.07) is 14.5. The second-order valence-corrected chi connectivity index (χ2v) is 9.62. The number of hydrogen-bond acceptors (Lipinski definition) is 5. The first kappa shape index (κ1) is 22.1. The van der Waals surface area contributed by atoms with Gasteiger partial charge in [0.1, 0.15) is 0 Å². The van der Waals surface area contributed by atoms with Gasteiger partial charge in [0.15, 0.2) is 0 Å². The smallest absolute Gasteiger partial charge is 0.255 e. The van der Waals surface area contributed by atoms with Crippen LogP contribution in [0.3, 0.4) is 0 Å². The molecule has 3 fully saturated rings. The molecule has 0 aliphatic carbocycles. The molecular weight excluding hydrogens is 412 g/mol. The van der Waals surface area contributed by atoms with Gasteiger partial charge in [-0.3, -0.25) is 4.79 Å². The number of ether oxygens (including phenoxy) is 1. The zero-order valence-electron chi connectivity index (χ0n) is 19.8. The van der Waals surface area contributed by atoms with Crippen LogP contribution in [0, 0.1) is 5.92 Å². The molecule has 6 nitrogen and oxygen atoms in total. The van der Waals surface area contributed by atoms with Crippen molar-refractivity contribution in [3.05, 3.63) is 48.0 Å². The Morgan fingerprint density at radius 2 is 1.48 bits per heavy atom. The largest absolute Gasteiger partial charge is 0.384 e. The highest BCUT2D eigenvalue weighted by molar-refractivity contribution is 6.08. The molecule has 0 aromatic heterocycles. The summed E-state index contributed by atoms with van der Waals surface area (Å²) in [5.74, 6) is 0.552. The van der Waals surface area contributed by atoms with Crippen molar-refractivity contribution in [2.24, 2.45) is 5.92 Å². The van der Waals surface area contributed by atoms with E-state index in [0.29, 0.717) is 11.5 Å². The van der Waals surface area contributed by atoms with E-state index in [0.717, 1.165) is 69.4 Å². The second kappa shape index (κ2) is 10.0. The zero-order chi connectivity index (χ0) is 22.6. The molecule has 33 heavy (non-hydrogen) atoms. The minimum Gasteiger partial charge on any atom is -0.384 e. The lowest BCUT2D eigenvalue weighted by Gasteiger charge is -2.28. The van der Waals surface area contributed by atoms with Crippen LogP contribution in [-0.2, 0) is 4.74 Å². The molecule has 176 valence electrons. The summed E-state index contributed by atoms with van der Waals surface area (Å²) in [4.78, 5) is 20.6. The number of hydrogen-bond donors (Lipinski definition) is 1. The number of nitrogens with zero attached hydrogens (tertiary/aromatic N) is 3. The van der Waals surface area contributed by atoms with Crippen molar-refractivity contribution in [2.75, 3.05) is 73.0 Å². The van der Waals surface area contributed by atoms with E-state index >= 15 is 0 Å². The molecule has 1 unspecified atom stereocenters. The van der Waals surface area contributed by atoms with Crippen LogP contribution in [0.1, 0.15) is 42.5 Å². The van der Waals surface area contributed by atoms with Gasteiger partial charge < -0.3 is 24.8 Å². The van der Waals surface area contributed by atoms with Gasteiger partial charge in [-0.1, -0.05) is 6.07 Å². The Hall–Kier alpha value is -2.73. The van der Waals surface area contributed by atoms with E-state index in [1.807, 2.05) is 12.1 Å². The fraction of sp³-hybridized carbons (Fsp3) is 0.519. The second-order valence-electron chi connectivity index (χ2n) is 9.62. The molecule has 2 aromatic carbocycles. The van der Waals surface area contributed by atoms with Gasteiger partial charge >= 0.3 is 0 Å². The molecule has 3 heterocycles. The first-order valence-electron chi connectivity index (χ1n) is 12.5. The Balaban J connectivity index is 1.35. The average molecular weight is 449 g/mol. The molecule has 5 rings (SSSR count). The molecule has 0 spiro atoms. The summed E-state index contributed by atoms with van der Waals surface area (Å²) in [5.41, 5.74) is 5.17. The third-order valence-electron chi connectivity index (χ3n) is 7.34. The van der Waals surface area contributed by atoms with Crippen molar-refractivity contribution in [3.8, 4) is 0 Å². The molecule has 1 amide bonds. The predicted molar refractivity (Wildman–Crippen MR) is 136 cm³/mol. The van der Waals surface area contributed by atoms with Crippen LogP contribution in [0.2, 0.25) is 0 Å². The van der Waals surface area contributed by atoms with Gasteiger partial charge in [0.25, 0.3) is 5.91 Å². The van der Waals surface area contributed by atoms with E-state index in [-0.39, 0.29) is 5.91 Å². The fourth-order valence-corrected chi connectivity index (χ4v) is 5.55. The SMILES string of the molecule is COCC1CCN(c2ccc(C(=O)Nc3c(N4CCCC4)cccc3N3CCCC3)cc2)C1. The van der Waals surface area contributed by atoms with E-state index in [4.69, 9.17) is 4.74 Å². The Morgan fingerprint density at radius 1 is 0.879 bits per heavy atom. The summed E-state index contributed by atoms with van der Waals surface area (Å²) in [6.45, 7) is 7.10. The van der Waals surface area contributed by atoms with Gasteiger partial charge in [-0.15, -0.1) is 0 Å². The van der Waals surface area contributed by atoms with Crippen LogP contribution in [0.25, 0.3) is 0 Å². The lowest BCUT2D eigenvalue weighted by atomic mass is 10.1. The lowest BCUT2D eigenvalue weighted by molar-refractivity contribution is 0.102. The van der Waals surface area contributed by atoms with Crippen LogP contribution in [-0.4, -0.2) is 58.9 Å². The first-order chi connectivity index (χ1) is 16.2. The van der Waals surface area contributed by atoms with Gasteiger partial charge in [0, 0.05) is 63.5 Å². The number of nitrogens with one attached hydrogen (secondary N) is 1. The monoisotopic (exact) mass is 448 g/mol. The molecule has 0 bridgehead atoms. The van der Waals surface area contributed by atoms with Crippen molar-refractivity contribution in [1.82, 2.24) is 0 Å². The number of benzene rings is 2. The molecule has 1 N–H and O–H groups in total. The Labute approximate surface area is 197 Å². The molecular formula is C27H36N4O2. The topological polar surface area (TPSA) is 48.1 Å². The number of amides is 1. The molecule has 0 radical (unpaired) electrons. The Morgan fingerprint density at radius 3 is 2.06 bits per heavy atom. The van der Waals surface area contributed by atoms with Crippen molar-refractivity contribution in [1.29, 1.82) is 0 Å². The highest BCUT2D eigenvalue weighted by Gasteiger charge is 2.25. The van der Waals surface area contributed by atoms with E-state index in [2.05, 4.69) is 50.3 Å². The summed E-state index contributed by atoms with van der Waals surface area (Å²) in [6.07, 6.45) is 6.01. The lowest BCUT2D eigenvalue weighted by Crippen LogP contribution is -2.25. The molecule has 3 saturated heterocycles. The van der Waals surface area contributed by atoms with Gasteiger partial charge in [-0.2, -0.15) is 0 Å². The molecule has 3 aliphatic heterocycles. The van der Waals surface area contributed by atoms with Gasteiger partial charge in [-0.25, -0.2) is 0 Å². The highest BCUT2D eigenvalue weighted by atomic mass is 16.5. The van der Waals surface area contributed by atoms with E-state index in [1.54, 1.807) is 7.11 Å². The summed E-state index contributed by atoms with van der Waals surface area (Å²) in [5, 5.41) is 3.31. The van der Waals surface area contributed by atoms with Gasteiger partial charge in [0.2, 0.25) is 0 Å². The Bertz CT molecular complexity index is 915. The van der Waals surface area contributed by atoms with Crippen LogP contribution in [0.15, 0.2) is 42.5 Å². The maximum Gasteiger partial charge on any atom is 0.255 e. The average Bonchev–Trinajstić information content (AvgIpc) is 3.62. The third-order valence-corrected chi connectivity index (χ3v) is 7.34. The van der Waals surface area contributed by atoms with Crippen LogP contribution >= 0.6 is 0 Å². The molecule has 3 aliphatic rings. The summed E-state index contributed by atoms with van der Waals surface area (Å²) >= 11 is 0. The minimum atomic E-state index is -0.0349. The van der Waals surface area contributed by atoms with E-state index < -0.39 is 0 Å². The quantitative estimate of drug-likeness (QED) is 0.670.